The van der Waals surface area contributed by atoms with Gasteiger partial charge in [-0.3, -0.25) is 0 Å². The summed E-state index contributed by atoms with van der Waals surface area (Å²) in [6.07, 6.45) is 6.37. The Morgan fingerprint density at radius 3 is 2.00 bits per heavy atom. The third-order valence-corrected chi connectivity index (χ3v) is 9.07. The lowest BCUT2D eigenvalue weighted by molar-refractivity contribution is -0.297. The lowest BCUT2D eigenvalue weighted by Crippen LogP contribution is -2.62. The van der Waals surface area contributed by atoms with Gasteiger partial charge >= 0.3 is 0 Å². The highest BCUT2D eigenvalue weighted by molar-refractivity contribution is 5.61. The van der Waals surface area contributed by atoms with Crippen LogP contribution >= 0.6 is 0 Å². The monoisotopic (exact) mass is 448 g/mol. The Hall–Kier alpha value is -1.66. The Balaban J connectivity index is 1.82. The van der Waals surface area contributed by atoms with Crippen LogP contribution in [0, 0.1) is 22.7 Å². The molecule has 0 N–H and O–H groups in total. The van der Waals surface area contributed by atoms with Crippen molar-refractivity contribution in [2.75, 3.05) is 41.7 Å². The number of hydrogen-bond acceptors (Lipinski definition) is 6. The minimum absolute atomic E-state index is 0.00761. The summed E-state index contributed by atoms with van der Waals surface area (Å²) in [6, 6.07) is 1.84. The molecule has 4 rings (SSSR count). The maximum absolute atomic E-state index is 6.38. The fourth-order valence-corrected chi connectivity index (χ4v) is 7.19. The van der Waals surface area contributed by atoms with Gasteiger partial charge in [-0.2, -0.15) is 0 Å². The molecule has 6 nitrogen and oxygen atoms in total. The van der Waals surface area contributed by atoms with Crippen LogP contribution in [0.3, 0.4) is 0 Å². The summed E-state index contributed by atoms with van der Waals surface area (Å²) in [5.41, 5.74) is 0.998. The molecule has 6 heteroatoms. The van der Waals surface area contributed by atoms with Crippen LogP contribution in [0.4, 0.5) is 0 Å². The van der Waals surface area contributed by atoms with E-state index in [4.69, 9.17) is 28.4 Å². The van der Waals surface area contributed by atoms with Crippen molar-refractivity contribution in [3.8, 4) is 23.0 Å². The van der Waals surface area contributed by atoms with E-state index >= 15 is 0 Å². The van der Waals surface area contributed by atoms with Gasteiger partial charge in [0.2, 0.25) is 0 Å². The number of fused-ring (bicyclic) bond motifs is 2. The zero-order valence-corrected chi connectivity index (χ0v) is 20.8. The first-order valence-corrected chi connectivity index (χ1v) is 11.9. The van der Waals surface area contributed by atoms with Gasteiger partial charge in [-0.05, 0) is 49.4 Å². The average molecular weight is 449 g/mol. The van der Waals surface area contributed by atoms with Crippen molar-refractivity contribution in [3.05, 3.63) is 11.6 Å². The quantitative estimate of drug-likeness (QED) is 0.593. The van der Waals surface area contributed by atoms with Crippen LogP contribution in [0.25, 0.3) is 0 Å². The molecule has 180 valence electrons. The molecule has 0 aromatic heterocycles. The number of hydrogen-bond donors (Lipinski definition) is 0. The van der Waals surface area contributed by atoms with Crippen LogP contribution in [0.2, 0.25) is 0 Å². The van der Waals surface area contributed by atoms with Crippen molar-refractivity contribution in [2.45, 2.75) is 65.1 Å². The third-order valence-electron chi connectivity index (χ3n) is 9.07. The summed E-state index contributed by atoms with van der Waals surface area (Å²) in [4.78, 5) is 0. The molecule has 2 saturated carbocycles. The second-order valence-electron chi connectivity index (χ2n) is 10.3. The largest absolute Gasteiger partial charge is 0.493 e. The Kier molecular flexibility index (Phi) is 6.32. The molecular formula is C26H40O6. The summed E-state index contributed by atoms with van der Waals surface area (Å²) < 4.78 is 35.9. The number of methoxy groups -OCH3 is 4. The van der Waals surface area contributed by atoms with Crippen LogP contribution in [0.5, 0.6) is 23.0 Å². The Morgan fingerprint density at radius 1 is 0.875 bits per heavy atom. The van der Waals surface area contributed by atoms with E-state index in [2.05, 4.69) is 20.8 Å². The number of benzene rings is 1. The van der Waals surface area contributed by atoms with Crippen molar-refractivity contribution < 1.29 is 28.4 Å². The van der Waals surface area contributed by atoms with E-state index in [0.717, 1.165) is 49.2 Å². The van der Waals surface area contributed by atoms with Crippen molar-refractivity contribution in [3.63, 3.8) is 0 Å². The molecule has 3 fully saturated rings. The number of ether oxygens (including phenoxy) is 6. The van der Waals surface area contributed by atoms with Gasteiger partial charge in [0.1, 0.15) is 0 Å². The SMILES string of the molecule is COc1cc(OC)c(OC)c(C[C@]2(C)[C@H](C)CC[C@@]3(C)[C@H]2CCCC32OCCO2)c1OC. The molecule has 3 aliphatic rings. The molecule has 1 aliphatic heterocycles. The minimum Gasteiger partial charge on any atom is -0.493 e. The molecule has 1 saturated heterocycles. The third kappa shape index (κ3) is 3.28. The van der Waals surface area contributed by atoms with E-state index < -0.39 is 5.79 Å². The first-order valence-electron chi connectivity index (χ1n) is 11.9. The average Bonchev–Trinajstić information content (AvgIpc) is 3.27. The fraction of sp³-hybridized carbons (Fsp3) is 0.769. The van der Waals surface area contributed by atoms with Crippen molar-refractivity contribution >= 4 is 0 Å². The van der Waals surface area contributed by atoms with Gasteiger partial charge in [0, 0.05) is 23.5 Å². The summed E-state index contributed by atoms with van der Waals surface area (Å²) in [7, 11) is 6.71. The standard InChI is InChI=1S/C26H40O6/c1-17-10-12-25(3)21(9-8-11-26(25)31-13-14-32-26)24(17,2)16-18-22(29-6)19(27-4)15-20(28-5)23(18)30-7/h15,17,21H,8-14,16H2,1-7H3/t17-,21+,24-,25+/m1/s1. The first-order chi connectivity index (χ1) is 15.3. The van der Waals surface area contributed by atoms with E-state index in [0.29, 0.717) is 36.5 Å². The van der Waals surface area contributed by atoms with Crippen molar-refractivity contribution in [2.24, 2.45) is 22.7 Å². The van der Waals surface area contributed by atoms with E-state index in [1.54, 1.807) is 28.4 Å². The highest BCUT2D eigenvalue weighted by atomic mass is 16.7. The predicted molar refractivity (Wildman–Crippen MR) is 123 cm³/mol. The van der Waals surface area contributed by atoms with Gasteiger partial charge in [0.25, 0.3) is 0 Å². The maximum atomic E-state index is 6.38. The van der Waals surface area contributed by atoms with Gasteiger partial charge in [0.15, 0.2) is 28.8 Å². The van der Waals surface area contributed by atoms with Crippen molar-refractivity contribution in [1.82, 2.24) is 0 Å². The molecule has 0 unspecified atom stereocenters. The Bertz CT molecular complexity index is 802. The summed E-state index contributed by atoms with van der Waals surface area (Å²) in [6.45, 7) is 8.64. The van der Waals surface area contributed by atoms with Crippen LogP contribution in [0.1, 0.15) is 58.4 Å². The predicted octanol–water partition coefficient (Wildman–Crippen LogP) is 5.25. The van der Waals surface area contributed by atoms with E-state index in [9.17, 15) is 0 Å². The smallest absolute Gasteiger partial charge is 0.174 e. The topological polar surface area (TPSA) is 55.4 Å². The van der Waals surface area contributed by atoms with Gasteiger partial charge < -0.3 is 28.4 Å². The van der Waals surface area contributed by atoms with Gasteiger partial charge in [-0.25, -0.2) is 0 Å². The van der Waals surface area contributed by atoms with Gasteiger partial charge in [-0.15, -0.1) is 0 Å². The molecule has 2 aliphatic carbocycles. The summed E-state index contributed by atoms with van der Waals surface area (Å²) in [5, 5.41) is 0. The zero-order valence-electron chi connectivity index (χ0n) is 20.8. The van der Waals surface area contributed by atoms with Crippen LogP contribution < -0.4 is 18.9 Å². The molecule has 1 heterocycles. The summed E-state index contributed by atoms with van der Waals surface area (Å²) in [5.74, 6) is 3.32. The Morgan fingerprint density at radius 2 is 1.47 bits per heavy atom. The molecule has 32 heavy (non-hydrogen) atoms. The first kappa shape index (κ1) is 23.5. The Labute approximate surface area is 192 Å². The van der Waals surface area contributed by atoms with Gasteiger partial charge in [0.05, 0.1) is 41.7 Å². The van der Waals surface area contributed by atoms with E-state index in [1.165, 1.54) is 6.42 Å². The fourth-order valence-electron chi connectivity index (χ4n) is 7.19. The lowest BCUT2D eigenvalue weighted by Gasteiger charge is -2.63. The molecule has 1 spiro atoms. The molecule has 0 bridgehead atoms. The normalized spacial score (nSPS) is 33.6. The molecule has 1 aromatic rings. The van der Waals surface area contributed by atoms with Crippen molar-refractivity contribution in [1.29, 1.82) is 0 Å². The van der Waals surface area contributed by atoms with Crippen LogP contribution in [-0.4, -0.2) is 47.4 Å². The van der Waals surface area contributed by atoms with Gasteiger partial charge in [-0.1, -0.05) is 20.8 Å². The van der Waals surface area contributed by atoms with E-state index in [-0.39, 0.29) is 10.8 Å². The van der Waals surface area contributed by atoms with E-state index in [1.807, 2.05) is 6.07 Å². The highest BCUT2D eigenvalue weighted by Crippen LogP contribution is 2.66. The maximum Gasteiger partial charge on any atom is 0.174 e. The molecular weight excluding hydrogens is 408 g/mol. The molecule has 1 aromatic carbocycles. The highest BCUT2D eigenvalue weighted by Gasteiger charge is 2.64. The molecule has 0 amide bonds. The van der Waals surface area contributed by atoms with Crippen LogP contribution in [0.15, 0.2) is 6.07 Å². The number of rotatable bonds is 6. The minimum atomic E-state index is -0.447. The second-order valence-corrected chi connectivity index (χ2v) is 10.3. The molecule has 0 radical (unpaired) electrons. The second kappa shape index (κ2) is 8.60. The lowest BCUT2D eigenvalue weighted by atomic mass is 9.45. The van der Waals surface area contributed by atoms with Crippen LogP contribution in [-0.2, 0) is 15.9 Å². The zero-order chi connectivity index (χ0) is 23.1. The summed E-state index contributed by atoms with van der Waals surface area (Å²) >= 11 is 0. The molecule has 4 atom stereocenters.